The van der Waals surface area contributed by atoms with Gasteiger partial charge in [0.15, 0.2) is 17.3 Å². The van der Waals surface area contributed by atoms with E-state index in [0.29, 0.717) is 11.7 Å². The van der Waals surface area contributed by atoms with Crippen molar-refractivity contribution in [2.24, 2.45) is 5.92 Å². The largest absolute Gasteiger partial charge is 0.493 e. The Morgan fingerprint density at radius 3 is 2.47 bits per heavy atom. The highest BCUT2D eigenvalue weighted by atomic mass is 16.5. The van der Waals surface area contributed by atoms with Crippen LogP contribution in [0.25, 0.3) is 10.9 Å². The molecule has 36 heavy (non-hydrogen) atoms. The van der Waals surface area contributed by atoms with Gasteiger partial charge < -0.3 is 19.3 Å². The van der Waals surface area contributed by atoms with Crippen LogP contribution >= 0.6 is 0 Å². The third-order valence-corrected chi connectivity index (χ3v) is 7.68. The summed E-state index contributed by atoms with van der Waals surface area (Å²) in [4.78, 5) is 23.3. The quantitative estimate of drug-likeness (QED) is 0.511. The number of rotatable bonds is 6. The molecule has 2 saturated heterocycles. The van der Waals surface area contributed by atoms with Crippen LogP contribution < -0.4 is 19.3 Å². The molecule has 9 nitrogen and oxygen atoms in total. The van der Waals surface area contributed by atoms with E-state index in [1.165, 1.54) is 12.8 Å². The number of anilines is 2. The van der Waals surface area contributed by atoms with Gasteiger partial charge in [-0.2, -0.15) is 5.26 Å². The Bertz CT molecular complexity index is 1270. The summed E-state index contributed by atoms with van der Waals surface area (Å²) in [5.74, 6) is 3.58. The first-order valence-corrected chi connectivity index (χ1v) is 12.9. The molecule has 0 bridgehead atoms. The van der Waals surface area contributed by atoms with Gasteiger partial charge in [-0.1, -0.05) is 0 Å². The Labute approximate surface area is 211 Å². The minimum atomic E-state index is 0.148. The van der Waals surface area contributed by atoms with Gasteiger partial charge in [0.25, 0.3) is 0 Å². The standard InChI is InChI=1S/C27H31N7O2/c1-35-23-13-22-19(12-24(23)36-21-4-2-3-5-21)15-31-27(32-22)34-16-20(17-34)25-26(30-9-8-29-25)33-10-6-18(14-28)7-11-33/h8-9,12-13,15,18,20-21H,2-7,10-11,16-17H2,1H3. The van der Waals surface area contributed by atoms with Crippen LogP contribution in [0.3, 0.4) is 0 Å². The number of methoxy groups -OCH3 is 1. The highest BCUT2D eigenvalue weighted by Crippen LogP contribution is 2.37. The van der Waals surface area contributed by atoms with Gasteiger partial charge in [0.2, 0.25) is 5.95 Å². The van der Waals surface area contributed by atoms with E-state index in [9.17, 15) is 5.26 Å². The Balaban J connectivity index is 1.17. The number of hydrogen-bond donors (Lipinski definition) is 0. The second kappa shape index (κ2) is 9.76. The van der Waals surface area contributed by atoms with Crippen molar-refractivity contribution in [2.75, 3.05) is 43.1 Å². The topological polar surface area (TPSA) is 100 Å². The van der Waals surface area contributed by atoms with E-state index in [-0.39, 0.29) is 17.9 Å². The van der Waals surface area contributed by atoms with Gasteiger partial charge in [-0.05, 0) is 44.6 Å². The van der Waals surface area contributed by atoms with E-state index in [1.54, 1.807) is 19.5 Å². The molecule has 1 saturated carbocycles. The zero-order chi connectivity index (χ0) is 24.5. The summed E-state index contributed by atoms with van der Waals surface area (Å²) in [5.41, 5.74) is 1.87. The van der Waals surface area contributed by atoms with Crippen LogP contribution in [0.1, 0.15) is 50.1 Å². The fourth-order valence-electron chi connectivity index (χ4n) is 5.53. The molecule has 0 atom stereocenters. The van der Waals surface area contributed by atoms with Crippen molar-refractivity contribution >= 4 is 22.7 Å². The maximum atomic E-state index is 9.21. The minimum absolute atomic E-state index is 0.148. The monoisotopic (exact) mass is 485 g/mol. The Hall–Kier alpha value is -3.67. The van der Waals surface area contributed by atoms with Crippen LogP contribution in [0.5, 0.6) is 11.5 Å². The maximum absolute atomic E-state index is 9.21. The molecule has 186 valence electrons. The Morgan fingerprint density at radius 1 is 0.944 bits per heavy atom. The van der Waals surface area contributed by atoms with Gasteiger partial charge in [-0.3, -0.25) is 4.98 Å². The molecule has 0 N–H and O–H groups in total. The SMILES string of the molecule is COc1cc2nc(N3CC(c4nccnc4N4CCC(C#N)CC4)C3)ncc2cc1OC1CCCC1. The second-order valence-electron chi connectivity index (χ2n) is 10.0. The summed E-state index contributed by atoms with van der Waals surface area (Å²) in [7, 11) is 1.67. The van der Waals surface area contributed by atoms with Gasteiger partial charge >= 0.3 is 0 Å². The first-order chi connectivity index (χ1) is 17.7. The number of benzene rings is 1. The number of piperidine rings is 1. The molecular formula is C27H31N7O2. The van der Waals surface area contributed by atoms with Crippen LogP contribution in [0.15, 0.2) is 30.7 Å². The number of ether oxygens (including phenoxy) is 2. The molecule has 1 aromatic carbocycles. The predicted molar refractivity (Wildman–Crippen MR) is 137 cm³/mol. The molecule has 9 heteroatoms. The van der Waals surface area contributed by atoms with Gasteiger partial charge in [-0.15, -0.1) is 0 Å². The molecule has 3 aromatic rings. The Kier molecular flexibility index (Phi) is 6.18. The van der Waals surface area contributed by atoms with Crippen molar-refractivity contribution in [2.45, 2.75) is 50.5 Å². The van der Waals surface area contributed by atoms with Crippen molar-refractivity contribution in [3.05, 3.63) is 36.4 Å². The maximum Gasteiger partial charge on any atom is 0.225 e. The smallest absolute Gasteiger partial charge is 0.225 e. The van der Waals surface area contributed by atoms with Crippen molar-refractivity contribution in [1.29, 1.82) is 5.26 Å². The minimum Gasteiger partial charge on any atom is -0.493 e. The summed E-state index contributed by atoms with van der Waals surface area (Å²) in [5, 5.41) is 10.2. The van der Waals surface area contributed by atoms with E-state index >= 15 is 0 Å². The van der Waals surface area contributed by atoms with Crippen LogP contribution in [0.4, 0.5) is 11.8 Å². The normalized spacial score (nSPS) is 19.3. The van der Waals surface area contributed by atoms with Crippen molar-refractivity contribution < 1.29 is 9.47 Å². The summed E-state index contributed by atoms with van der Waals surface area (Å²) >= 11 is 0. The molecule has 6 rings (SSSR count). The van der Waals surface area contributed by atoms with Gasteiger partial charge in [-0.25, -0.2) is 15.0 Å². The molecular weight excluding hydrogens is 454 g/mol. The lowest BCUT2D eigenvalue weighted by Gasteiger charge is -2.40. The fourth-order valence-corrected chi connectivity index (χ4v) is 5.53. The molecule has 2 aliphatic heterocycles. The highest BCUT2D eigenvalue weighted by Gasteiger charge is 2.35. The molecule has 3 fully saturated rings. The molecule has 0 radical (unpaired) electrons. The number of aromatic nitrogens is 4. The zero-order valence-electron chi connectivity index (χ0n) is 20.6. The molecule has 0 unspecified atom stereocenters. The Morgan fingerprint density at radius 2 is 1.72 bits per heavy atom. The lowest BCUT2D eigenvalue weighted by Crippen LogP contribution is -2.47. The molecule has 1 aliphatic carbocycles. The van der Waals surface area contributed by atoms with Crippen LogP contribution in [-0.2, 0) is 0 Å². The average molecular weight is 486 g/mol. The van der Waals surface area contributed by atoms with Crippen molar-refractivity contribution in [3.63, 3.8) is 0 Å². The van der Waals surface area contributed by atoms with Gasteiger partial charge in [0, 0.05) is 68.1 Å². The molecule has 4 heterocycles. The van der Waals surface area contributed by atoms with Crippen LogP contribution in [0.2, 0.25) is 0 Å². The highest BCUT2D eigenvalue weighted by molar-refractivity contribution is 5.83. The average Bonchev–Trinajstić information content (AvgIpc) is 3.41. The summed E-state index contributed by atoms with van der Waals surface area (Å²) in [6.45, 7) is 3.29. The lowest BCUT2D eigenvalue weighted by atomic mass is 9.94. The summed E-state index contributed by atoms with van der Waals surface area (Å²) in [6, 6.07) is 6.35. The number of hydrogen-bond acceptors (Lipinski definition) is 9. The first kappa shape index (κ1) is 22.8. The van der Waals surface area contributed by atoms with Crippen molar-refractivity contribution in [1.82, 2.24) is 19.9 Å². The third-order valence-electron chi connectivity index (χ3n) is 7.68. The van der Waals surface area contributed by atoms with E-state index < -0.39 is 0 Å². The second-order valence-corrected chi connectivity index (χ2v) is 10.0. The van der Waals surface area contributed by atoms with E-state index in [2.05, 4.69) is 25.8 Å². The molecule has 0 spiro atoms. The number of nitriles is 1. The third kappa shape index (κ3) is 4.36. The predicted octanol–water partition coefficient (Wildman–Crippen LogP) is 4.09. The van der Waals surface area contributed by atoms with E-state index in [4.69, 9.17) is 19.4 Å². The molecule has 0 amide bonds. The van der Waals surface area contributed by atoms with E-state index in [1.807, 2.05) is 18.3 Å². The van der Waals surface area contributed by atoms with Gasteiger partial charge in [0.05, 0.1) is 30.5 Å². The lowest BCUT2D eigenvalue weighted by molar-refractivity contribution is 0.201. The zero-order valence-corrected chi connectivity index (χ0v) is 20.6. The number of fused-ring (bicyclic) bond motifs is 1. The summed E-state index contributed by atoms with van der Waals surface area (Å²) in [6.07, 6.45) is 12.1. The van der Waals surface area contributed by atoms with Crippen molar-refractivity contribution in [3.8, 4) is 17.6 Å². The van der Waals surface area contributed by atoms with E-state index in [0.717, 1.165) is 80.0 Å². The molecule has 3 aliphatic rings. The summed E-state index contributed by atoms with van der Waals surface area (Å²) < 4.78 is 11.9. The van der Waals surface area contributed by atoms with Gasteiger partial charge in [0.1, 0.15) is 0 Å². The van der Waals surface area contributed by atoms with Crippen LogP contribution in [-0.4, -0.2) is 59.3 Å². The first-order valence-electron chi connectivity index (χ1n) is 12.9. The fraction of sp³-hybridized carbons (Fsp3) is 0.519. The van der Waals surface area contributed by atoms with Crippen LogP contribution in [0, 0.1) is 17.2 Å². The molecule has 2 aromatic heterocycles. The number of nitrogens with zero attached hydrogens (tertiary/aromatic N) is 7.